The van der Waals surface area contributed by atoms with Gasteiger partial charge in [0.2, 0.25) is 5.91 Å². The molecule has 176 valence electrons. The zero-order valence-electron chi connectivity index (χ0n) is 18.8. The number of carbonyl (C=O) groups excluding carboxylic acids is 1. The molecule has 0 aliphatic heterocycles. The molecule has 0 unspecified atom stereocenters. The van der Waals surface area contributed by atoms with Crippen LogP contribution in [0.1, 0.15) is 30.4 Å². The summed E-state index contributed by atoms with van der Waals surface area (Å²) in [4.78, 5) is 12.4. The lowest BCUT2D eigenvalue weighted by Gasteiger charge is -2.25. The van der Waals surface area contributed by atoms with Gasteiger partial charge >= 0.3 is 0 Å². The van der Waals surface area contributed by atoms with E-state index in [0.717, 1.165) is 16.9 Å². The summed E-state index contributed by atoms with van der Waals surface area (Å²) in [7, 11) is -1.41. The molecule has 32 heavy (non-hydrogen) atoms. The average Bonchev–Trinajstić information content (AvgIpc) is 2.76. The Morgan fingerprint density at radius 2 is 1.78 bits per heavy atom. The zero-order chi connectivity index (χ0) is 23.4. The van der Waals surface area contributed by atoms with Gasteiger partial charge in [-0.25, -0.2) is 8.42 Å². The third-order valence-corrected chi connectivity index (χ3v) is 6.13. The Morgan fingerprint density at radius 1 is 1.06 bits per heavy atom. The van der Waals surface area contributed by atoms with Crippen LogP contribution in [0, 0.1) is 0 Å². The van der Waals surface area contributed by atoms with Gasteiger partial charge in [0, 0.05) is 31.5 Å². The van der Waals surface area contributed by atoms with E-state index in [1.807, 2.05) is 54.6 Å². The fraction of sp³-hybridized carbons (Fsp3) is 0.458. The van der Waals surface area contributed by atoms with Crippen LogP contribution in [-0.4, -0.2) is 57.2 Å². The molecule has 8 heteroatoms. The van der Waals surface area contributed by atoms with Crippen molar-refractivity contribution in [1.29, 1.82) is 0 Å². The highest BCUT2D eigenvalue weighted by atomic mass is 32.2. The quantitative estimate of drug-likeness (QED) is 0.372. The maximum Gasteiger partial charge on any atom is 0.220 e. The van der Waals surface area contributed by atoms with Crippen molar-refractivity contribution in [2.75, 3.05) is 25.7 Å². The predicted octanol–water partition coefficient (Wildman–Crippen LogP) is 2.09. The molecule has 2 atom stereocenters. The van der Waals surface area contributed by atoms with E-state index in [2.05, 4.69) is 10.6 Å². The van der Waals surface area contributed by atoms with E-state index in [9.17, 15) is 18.3 Å². The molecule has 3 N–H and O–H groups in total. The number of carbonyl (C=O) groups is 1. The Labute approximate surface area is 191 Å². The van der Waals surface area contributed by atoms with Crippen LogP contribution in [0.3, 0.4) is 0 Å². The largest absolute Gasteiger partial charge is 0.497 e. The molecule has 0 bridgehead atoms. The molecule has 0 aliphatic rings. The van der Waals surface area contributed by atoms with E-state index in [4.69, 9.17) is 4.74 Å². The van der Waals surface area contributed by atoms with Crippen LogP contribution < -0.4 is 15.4 Å². The number of nitrogens with one attached hydrogen (secondary N) is 2. The molecule has 0 fully saturated rings. The summed E-state index contributed by atoms with van der Waals surface area (Å²) in [5.41, 5.74) is 2.05. The second kappa shape index (κ2) is 13.2. The van der Waals surface area contributed by atoms with Gasteiger partial charge in [-0.15, -0.1) is 0 Å². The number of amides is 1. The minimum absolute atomic E-state index is 0.0739. The van der Waals surface area contributed by atoms with Crippen LogP contribution in [0.2, 0.25) is 0 Å². The molecule has 0 spiro atoms. The fourth-order valence-electron chi connectivity index (χ4n) is 3.37. The third-order valence-electron chi connectivity index (χ3n) is 5.10. The topological polar surface area (TPSA) is 105 Å². The molecule has 0 heterocycles. The van der Waals surface area contributed by atoms with Crippen LogP contribution in [0.15, 0.2) is 54.6 Å². The number of hydrogen-bond donors (Lipinski definition) is 3. The summed E-state index contributed by atoms with van der Waals surface area (Å²) >= 11 is 0. The van der Waals surface area contributed by atoms with Gasteiger partial charge in [0.1, 0.15) is 15.6 Å². The Bertz CT molecular complexity index is 934. The minimum atomic E-state index is -3.02. The molecule has 2 aromatic rings. The van der Waals surface area contributed by atoms with E-state index in [1.54, 1.807) is 7.11 Å². The van der Waals surface area contributed by atoms with Crippen molar-refractivity contribution in [3.8, 4) is 5.75 Å². The van der Waals surface area contributed by atoms with Crippen molar-refractivity contribution in [2.45, 2.75) is 44.4 Å². The number of hydrogen-bond acceptors (Lipinski definition) is 6. The SMILES string of the molecule is COc1cccc(CNC[C@H](O)[C@H](Cc2ccccc2)NC(=O)CCCCS(C)(=O)=O)c1. The van der Waals surface area contributed by atoms with Crippen LogP contribution >= 0.6 is 0 Å². The number of ether oxygens (including phenoxy) is 1. The van der Waals surface area contributed by atoms with Gasteiger partial charge in [-0.05, 0) is 42.5 Å². The summed E-state index contributed by atoms with van der Waals surface area (Å²) < 4.78 is 27.7. The van der Waals surface area contributed by atoms with Crippen molar-refractivity contribution < 1.29 is 23.1 Å². The average molecular weight is 463 g/mol. The summed E-state index contributed by atoms with van der Waals surface area (Å²) in [6.07, 6.45) is 2.06. The van der Waals surface area contributed by atoms with Crippen molar-refractivity contribution in [3.63, 3.8) is 0 Å². The molecule has 0 aromatic heterocycles. The van der Waals surface area contributed by atoms with E-state index in [-0.39, 0.29) is 18.1 Å². The van der Waals surface area contributed by atoms with Gasteiger partial charge in [0.15, 0.2) is 0 Å². The Morgan fingerprint density at radius 3 is 2.47 bits per heavy atom. The van der Waals surface area contributed by atoms with Crippen LogP contribution in [0.5, 0.6) is 5.75 Å². The summed E-state index contributed by atoms with van der Waals surface area (Å²) in [5, 5.41) is 17.0. The lowest BCUT2D eigenvalue weighted by atomic mass is 10.0. The molecule has 0 saturated heterocycles. The molecule has 0 saturated carbocycles. The molecular weight excluding hydrogens is 428 g/mol. The minimum Gasteiger partial charge on any atom is -0.497 e. The van der Waals surface area contributed by atoms with E-state index in [0.29, 0.717) is 32.4 Å². The maximum absolute atomic E-state index is 12.4. The first kappa shape index (κ1) is 25.8. The van der Waals surface area contributed by atoms with Crippen molar-refractivity contribution in [1.82, 2.24) is 10.6 Å². The summed E-state index contributed by atoms with van der Waals surface area (Å²) in [6.45, 7) is 0.870. The van der Waals surface area contributed by atoms with Gasteiger partial charge in [-0.2, -0.15) is 0 Å². The van der Waals surface area contributed by atoms with Crippen LogP contribution in [0.4, 0.5) is 0 Å². The molecule has 2 rings (SSSR count). The second-order valence-corrected chi connectivity index (χ2v) is 10.3. The normalized spacial score (nSPS) is 13.3. The number of aliphatic hydroxyl groups is 1. The Hall–Kier alpha value is -2.42. The molecule has 2 aromatic carbocycles. The molecule has 1 amide bonds. The summed E-state index contributed by atoms with van der Waals surface area (Å²) in [6, 6.07) is 16.9. The van der Waals surface area contributed by atoms with Gasteiger partial charge in [0.25, 0.3) is 0 Å². The highest BCUT2D eigenvalue weighted by Gasteiger charge is 2.21. The van der Waals surface area contributed by atoms with Crippen molar-refractivity contribution in [2.24, 2.45) is 0 Å². The van der Waals surface area contributed by atoms with Gasteiger partial charge < -0.3 is 20.5 Å². The smallest absolute Gasteiger partial charge is 0.220 e. The number of aliphatic hydroxyl groups excluding tert-OH is 1. The zero-order valence-corrected chi connectivity index (χ0v) is 19.6. The van der Waals surface area contributed by atoms with Crippen LogP contribution in [-0.2, 0) is 27.6 Å². The van der Waals surface area contributed by atoms with E-state index >= 15 is 0 Å². The number of benzene rings is 2. The first-order valence-corrected chi connectivity index (χ1v) is 12.9. The molecule has 7 nitrogen and oxygen atoms in total. The first-order valence-electron chi connectivity index (χ1n) is 10.8. The monoisotopic (exact) mass is 462 g/mol. The predicted molar refractivity (Wildman–Crippen MR) is 126 cm³/mol. The molecular formula is C24H34N2O5S. The summed E-state index contributed by atoms with van der Waals surface area (Å²) in [5.74, 6) is 0.658. The maximum atomic E-state index is 12.4. The fourth-order valence-corrected chi connectivity index (χ4v) is 4.10. The Balaban J connectivity index is 1.90. The van der Waals surface area contributed by atoms with E-state index in [1.165, 1.54) is 6.26 Å². The number of methoxy groups -OCH3 is 1. The van der Waals surface area contributed by atoms with Gasteiger partial charge in [0.05, 0.1) is 19.3 Å². The van der Waals surface area contributed by atoms with Crippen LogP contribution in [0.25, 0.3) is 0 Å². The standard InChI is InChI=1S/C24H34N2O5S/c1-31-21-12-8-11-20(15-21)17-25-18-23(27)22(16-19-9-4-3-5-10-19)26-24(28)13-6-7-14-32(2,29)30/h3-5,8-12,15,22-23,25,27H,6-7,13-14,16-18H2,1-2H3,(H,26,28)/t22-,23-/m0/s1. The third kappa shape index (κ3) is 10.3. The van der Waals surface area contributed by atoms with Gasteiger partial charge in [-0.3, -0.25) is 4.79 Å². The first-order chi connectivity index (χ1) is 15.3. The van der Waals surface area contributed by atoms with Crippen molar-refractivity contribution >= 4 is 15.7 Å². The number of unbranched alkanes of at least 4 members (excludes halogenated alkanes) is 1. The number of rotatable bonds is 14. The Kier molecular flexibility index (Phi) is 10.7. The number of sulfone groups is 1. The lowest BCUT2D eigenvalue weighted by Crippen LogP contribution is -2.48. The highest BCUT2D eigenvalue weighted by Crippen LogP contribution is 2.12. The second-order valence-electron chi connectivity index (χ2n) is 8.00. The van der Waals surface area contributed by atoms with E-state index < -0.39 is 22.0 Å². The van der Waals surface area contributed by atoms with Crippen molar-refractivity contribution in [3.05, 3.63) is 65.7 Å². The van der Waals surface area contributed by atoms with Gasteiger partial charge in [-0.1, -0.05) is 42.5 Å². The lowest BCUT2D eigenvalue weighted by molar-refractivity contribution is -0.122. The molecule has 0 radical (unpaired) electrons. The molecule has 0 aliphatic carbocycles. The highest BCUT2D eigenvalue weighted by molar-refractivity contribution is 7.90.